The van der Waals surface area contributed by atoms with Gasteiger partial charge in [0.15, 0.2) is 5.13 Å². The fourth-order valence-corrected chi connectivity index (χ4v) is 2.54. The van der Waals surface area contributed by atoms with Gasteiger partial charge in [0.25, 0.3) is 5.91 Å². The largest absolute Gasteiger partial charge is 0.375 e. The van der Waals surface area contributed by atoms with E-state index in [-0.39, 0.29) is 5.91 Å². The molecule has 0 bridgehead atoms. The maximum absolute atomic E-state index is 12.0. The number of hydrazone groups is 1. The molecule has 21 heavy (non-hydrogen) atoms. The molecule has 0 atom stereocenters. The quantitative estimate of drug-likeness (QED) is 0.571. The van der Waals surface area contributed by atoms with E-state index in [0.717, 1.165) is 15.8 Å². The van der Waals surface area contributed by atoms with Crippen LogP contribution in [-0.4, -0.2) is 22.1 Å². The summed E-state index contributed by atoms with van der Waals surface area (Å²) in [6.45, 7) is 0. The lowest BCUT2D eigenvalue weighted by Crippen LogP contribution is -2.17. The first-order valence-electron chi connectivity index (χ1n) is 6.12. The Morgan fingerprint density at radius 3 is 3.10 bits per heavy atom. The summed E-state index contributed by atoms with van der Waals surface area (Å²) in [4.78, 5) is 20.1. The van der Waals surface area contributed by atoms with E-state index in [1.54, 1.807) is 36.7 Å². The molecular weight excluding hydrogens is 286 g/mol. The normalized spacial score (nSPS) is 11.0. The van der Waals surface area contributed by atoms with Gasteiger partial charge in [-0.25, -0.2) is 10.4 Å². The highest BCUT2D eigenvalue weighted by Gasteiger charge is 2.07. The van der Waals surface area contributed by atoms with Crippen LogP contribution in [0.25, 0.3) is 10.2 Å². The smallest absolute Gasteiger partial charge is 0.271 e. The molecule has 1 aromatic carbocycles. The van der Waals surface area contributed by atoms with E-state index < -0.39 is 0 Å². The van der Waals surface area contributed by atoms with Crippen LogP contribution in [0.5, 0.6) is 0 Å². The number of amides is 1. The first-order chi connectivity index (χ1) is 10.2. The van der Waals surface area contributed by atoms with Crippen molar-refractivity contribution in [3.05, 3.63) is 53.9 Å². The van der Waals surface area contributed by atoms with Crippen molar-refractivity contribution in [2.24, 2.45) is 5.10 Å². The van der Waals surface area contributed by atoms with E-state index in [9.17, 15) is 4.79 Å². The van der Waals surface area contributed by atoms with Crippen molar-refractivity contribution in [1.82, 2.24) is 15.4 Å². The molecule has 3 aromatic rings. The summed E-state index contributed by atoms with van der Waals surface area (Å²) >= 11 is 1.34. The predicted octanol–water partition coefficient (Wildman–Crippen LogP) is 2.04. The molecule has 1 amide bonds. The second-order valence-corrected chi connectivity index (χ2v) is 5.28. The number of rotatable bonds is 3. The number of nitrogens with zero attached hydrogens (tertiary/aromatic N) is 3. The average molecular weight is 297 g/mol. The summed E-state index contributed by atoms with van der Waals surface area (Å²) < 4.78 is 0.872. The zero-order valence-electron chi connectivity index (χ0n) is 10.9. The van der Waals surface area contributed by atoms with Crippen molar-refractivity contribution in [2.45, 2.75) is 0 Å². The molecule has 104 valence electrons. The van der Waals surface area contributed by atoms with Crippen molar-refractivity contribution in [3.63, 3.8) is 0 Å². The summed E-state index contributed by atoms with van der Waals surface area (Å²) in [7, 11) is 0. The Balaban J connectivity index is 1.73. The maximum atomic E-state index is 12.0. The first-order valence-corrected chi connectivity index (χ1v) is 6.93. The minimum atomic E-state index is -0.288. The molecule has 0 aliphatic heterocycles. The summed E-state index contributed by atoms with van der Waals surface area (Å²) in [5.41, 5.74) is 10.2. The minimum Gasteiger partial charge on any atom is -0.375 e. The van der Waals surface area contributed by atoms with Gasteiger partial charge in [-0.3, -0.25) is 9.78 Å². The second-order valence-electron chi connectivity index (χ2n) is 4.22. The third-order valence-electron chi connectivity index (χ3n) is 2.73. The van der Waals surface area contributed by atoms with Gasteiger partial charge in [-0.05, 0) is 24.3 Å². The van der Waals surface area contributed by atoms with Gasteiger partial charge >= 0.3 is 0 Å². The van der Waals surface area contributed by atoms with Gasteiger partial charge < -0.3 is 5.73 Å². The minimum absolute atomic E-state index is 0.288. The van der Waals surface area contributed by atoms with Crippen molar-refractivity contribution < 1.29 is 4.79 Å². The van der Waals surface area contributed by atoms with E-state index in [1.807, 2.05) is 6.07 Å². The second kappa shape index (κ2) is 5.68. The number of thiazole rings is 1. The first kappa shape index (κ1) is 13.2. The number of nitrogens with two attached hydrogens (primary N) is 1. The number of benzene rings is 1. The number of hydrogen-bond donors (Lipinski definition) is 2. The number of aromatic nitrogens is 2. The monoisotopic (exact) mass is 297 g/mol. The fourth-order valence-electron chi connectivity index (χ4n) is 1.77. The number of carbonyl (C=O) groups excluding carboxylic acids is 1. The third kappa shape index (κ3) is 3.03. The SMILES string of the molecule is Nc1nc2ccc(C(=O)N/N=C\c3cccnc3)cc2s1. The van der Waals surface area contributed by atoms with Gasteiger partial charge in [-0.1, -0.05) is 17.4 Å². The van der Waals surface area contributed by atoms with Crippen LogP contribution in [0.1, 0.15) is 15.9 Å². The van der Waals surface area contributed by atoms with Gasteiger partial charge in [0, 0.05) is 23.5 Å². The Bertz CT molecular complexity index is 813. The zero-order valence-corrected chi connectivity index (χ0v) is 11.7. The molecule has 0 spiro atoms. The van der Waals surface area contributed by atoms with Crippen LogP contribution < -0.4 is 11.2 Å². The van der Waals surface area contributed by atoms with Crippen LogP contribution >= 0.6 is 11.3 Å². The van der Waals surface area contributed by atoms with Crippen LogP contribution in [0.2, 0.25) is 0 Å². The topological polar surface area (TPSA) is 93.3 Å². The highest BCUT2D eigenvalue weighted by Crippen LogP contribution is 2.24. The molecule has 3 N–H and O–H groups in total. The number of pyridine rings is 1. The number of fused-ring (bicyclic) bond motifs is 1. The van der Waals surface area contributed by atoms with Gasteiger partial charge in [-0.2, -0.15) is 5.10 Å². The molecule has 3 rings (SSSR count). The van der Waals surface area contributed by atoms with Gasteiger partial charge in [0.1, 0.15) is 0 Å². The Morgan fingerprint density at radius 2 is 2.29 bits per heavy atom. The van der Waals surface area contributed by atoms with Crippen LogP contribution in [0, 0.1) is 0 Å². The van der Waals surface area contributed by atoms with Crippen molar-refractivity contribution in [3.8, 4) is 0 Å². The van der Waals surface area contributed by atoms with Crippen LogP contribution in [-0.2, 0) is 0 Å². The maximum Gasteiger partial charge on any atom is 0.271 e. The average Bonchev–Trinajstić information content (AvgIpc) is 2.87. The number of nitrogen functional groups attached to an aromatic ring is 1. The fraction of sp³-hybridized carbons (Fsp3) is 0. The number of carbonyl (C=O) groups is 1. The van der Waals surface area contributed by atoms with E-state index in [1.165, 1.54) is 17.6 Å². The third-order valence-corrected chi connectivity index (χ3v) is 3.58. The van der Waals surface area contributed by atoms with Crippen LogP contribution in [0.15, 0.2) is 47.8 Å². The summed E-state index contributed by atoms with van der Waals surface area (Å²) in [6.07, 6.45) is 4.86. The lowest BCUT2D eigenvalue weighted by atomic mass is 10.2. The van der Waals surface area contributed by atoms with E-state index in [2.05, 4.69) is 20.5 Å². The highest BCUT2D eigenvalue weighted by molar-refractivity contribution is 7.22. The van der Waals surface area contributed by atoms with Gasteiger partial charge in [0.2, 0.25) is 0 Å². The molecule has 0 aliphatic rings. The molecule has 6 nitrogen and oxygen atoms in total. The number of nitrogens with one attached hydrogen (secondary N) is 1. The lowest BCUT2D eigenvalue weighted by molar-refractivity contribution is 0.0955. The lowest BCUT2D eigenvalue weighted by Gasteiger charge is -1.99. The molecule has 2 aromatic heterocycles. The molecule has 0 unspecified atom stereocenters. The molecule has 0 fully saturated rings. The molecule has 7 heteroatoms. The molecule has 0 radical (unpaired) electrons. The molecular formula is C14H11N5OS. The Kier molecular flexibility index (Phi) is 3.57. The Hall–Kier alpha value is -2.80. The number of hydrogen-bond acceptors (Lipinski definition) is 6. The van der Waals surface area contributed by atoms with Crippen molar-refractivity contribution in [2.75, 3.05) is 5.73 Å². The zero-order chi connectivity index (χ0) is 14.7. The van der Waals surface area contributed by atoms with E-state index in [0.29, 0.717) is 10.7 Å². The van der Waals surface area contributed by atoms with Crippen molar-refractivity contribution in [1.29, 1.82) is 0 Å². The number of anilines is 1. The van der Waals surface area contributed by atoms with Gasteiger partial charge in [0.05, 0.1) is 16.4 Å². The molecule has 2 heterocycles. The standard InChI is InChI=1S/C14H11N5OS/c15-14-18-11-4-3-10(6-12(11)21-14)13(20)19-17-8-9-2-1-5-16-7-9/h1-8H,(H2,15,18)(H,19,20)/b17-8-. The predicted molar refractivity (Wildman–Crippen MR) is 83.3 cm³/mol. The summed E-state index contributed by atoms with van der Waals surface area (Å²) in [5, 5.41) is 4.39. The Labute approximate surface area is 124 Å². The van der Waals surface area contributed by atoms with Crippen molar-refractivity contribution >= 4 is 38.8 Å². The Morgan fingerprint density at radius 1 is 1.38 bits per heavy atom. The molecule has 0 saturated carbocycles. The summed E-state index contributed by atoms with van der Waals surface area (Å²) in [5.74, 6) is -0.288. The highest BCUT2D eigenvalue weighted by atomic mass is 32.1. The molecule has 0 saturated heterocycles. The van der Waals surface area contributed by atoms with Crippen LogP contribution in [0.3, 0.4) is 0 Å². The van der Waals surface area contributed by atoms with Crippen LogP contribution in [0.4, 0.5) is 5.13 Å². The summed E-state index contributed by atoms with van der Waals surface area (Å²) in [6, 6.07) is 8.84. The van der Waals surface area contributed by atoms with Gasteiger partial charge in [-0.15, -0.1) is 0 Å². The van der Waals surface area contributed by atoms with E-state index >= 15 is 0 Å². The van der Waals surface area contributed by atoms with E-state index in [4.69, 9.17) is 5.73 Å². The molecule has 0 aliphatic carbocycles.